The Morgan fingerprint density at radius 2 is 2.07 bits per heavy atom. The Kier molecular flexibility index (Phi) is 7.31. The minimum Gasteiger partial charge on any atom is -0.497 e. The molecule has 0 aliphatic heterocycles. The number of hydrogen-bond acceptors (Lipinski definition) is 3. The van der Waals surface area contributed by atoms with E-state index in [-0.39, 0.29) is 5.56 Å². The minimum absolute atomic E-state index is 0.0464. The number of ether oxygens (including phenoxy) is 1. The van der Waals surface area contributed by atoms with E-state index in [1.54, 1.807) is 7.11 Å². The zero-order valence-electron chi connectivity index (χ0n) is 16.9. The number of nitrogens with one attached hydrogen (secondary N) is 2. The van der Waals surface area contributed by atoms with Crippen LogP contribution in [0.15, 0.2) is 29.1 Å². The average Bonchev–Trinajstić information content (AvgIpc) is 2.72. The Balaban J connectivity index is 1.86. The molecule has 1 aromatic heterocycles. The van der Waals surface area contributed by atoms with Gasteiger partial charge in [0, 0.05) is 29.1 Å². The Bertz CT molecular complexity index is 858. The molecule has 5 nitrogen and oxygen atoms in total. The Morgan fingerprint density at radius 3 is 2.79 bits per heavy atom. The maximum atomic E-state index is 12.7. The summed E-state index contributed by atoms with van der Waals surface area (Å²) in [6.45, 7) is 3.58. The molecule has 0 saturated heterocycles. The number of aromatic amines is 1. The Morgan fingerprint density at radius 1 is 1.29 bits per heavy atom. The topological polar surface area (TPSA) is 57.4 Å². The van der Waals surface area contributed by atoms with Crippen LogP contribution in [0.1, 0.15) is 57.4 Å². The van der Waals surface area contributed by atoms with Gasteiger partial charge in [0.25, 0.3) is 5.56 Å². The SMILES string of the molecule is CCCCNC(=S)N(Cc1cc2cc(OC)ccc2[nH]c1=O)C1CCCCC1. The molecule has 6 heteroatoms. The van der Waals surface area contributed by atoms with Crippen molar-refractivity contribution >= 4 is 28.2 Å². The lowest BCUT2D eigenvalue weighted by atomic mass is 9.94. The number of thiocarbonyl (C=S) groups is 1. The monoisotopic (exact) mass is 401 g/mol. The van der Waals surface area contributed by atoms with Crippen molar-refractivity contribution in [3.63, 3.8) is 0 Å². The number of benzene rings is 1. The zero-order chi connectivity index (χ0) is 19.9. The Labute approximate surface area is 172 Å². The van der Waals surface area contributed by atoms with Crippen molar-refractivity contribution in [1.82, 2.24) is 15.2 Å². The molecule has 1 aliphatic rings. The number of rotatable bonds is 7. The normalized spacial score (nSPS) is 14.8. The van der Waals surface area contributed by atoms with E-state index in [0.29, 0.717) is 12.6 Å². The summed E-state index contributed by atoms with van der Waals surface area (Å²) >= 11 is 5.73. The van der Waals surface area contributed by atoms with Crippen LogP contribution in [-0.4, -0.2) is 34.7 Å². The first kappa shape index (κ1) is 20.6. The molecule has 1 fully saturated rings. The molecule has 0 bridgehead atoms. The van der Waals surface area contributed by atoms with Crippen LogP contribution < -0.4 is 15.6 Å². The molecule has 152 valence electrons. The van der Waals surface area contributed by atoms with E-state index in [9.17, 15) is 4.79 Å². The summed E-state index contributed by atoms with van der Waals surface area (Å²) in [6, 6.07) is 8.07. The minimum atomic E-state index is -0.0464. The van der Waals surface area contributed by atoms with Crippen molar-refractivity contribution in [3.8, 4) is 5.75 Å². The Hall–Kier alpha value is -2.08. The molecule has 0 radical (unpaired) electrons. The van der Waals surface area contributed by atoms with Gasteiger partial charge in [-0.15, -0.1) is 0 Å². The molecular weight excluding hydrogens is 370 g/mol. The van der Waals surface area contributed by atoms with Crippen LogP contribution in [0, 0.1) is 0 Å². The van der Waals surface area contributed by atoms with Crippen molar-refractivity contribution in [2.75, 3.05) is 13.7 Å². The van der Waals surface area contributed by atoms with Gasteiger partial charge in [-0.25, -0.2) is 0 Å². The predicted octanol–water partition coefficient (Wildman–Crippen LogP) is 4.35. The van der Waals surface area contributed by atoms with Crippen molar-refractivity contribution < 1.29 is 4.74 Å². The molecule has 0 atom stereocenters. The van der Waals surface area contributed by atoms with Gasteiger partial charge < -0.3 is 19.9 Å². The zero-order valence-corrected chi connectivity index (χ0v) is 17.7. The molecule has 0 spiro atoms. The van der Waals surface area contributed by atoms with E-state index >= 15 is 0 Å². The third-order valence-corrected chi connectivity index (χ3v) is 5.93. The van der Waals surface area contributed by atoms with E-state index in [1.807, 2.05) is 24.3 Å². The molecule has 28 heavy (non-hydrogen) atoms. The lowest BCUT2D eigenvalue weighted by Crippen LogP contribution is -2.47. The maximum Gasteiger partial charge on any atom is 0.253 e. The standard InChI is InChI=1S/C22H31N3O2S/c1-3-4-12-23-22(28)25(18-8-6-5-7-9-18)15-17-13-16-14-19(27-2)10-11-20(16)24-21(17)26/h10-11,13-14,18H,3-9,12,15H2,1-2H3,(H,23,28)(H,24,26). The summed E-state index contributed by atoms with van der Waals surface area (Å²) in [5, 5.41) is 5.14. The first-order valence-electron chi connectivity index (χ1n) is 10.4. The largest absolute Gasteiger partial charge is 0.497 e. The predicted molar refractivity (Wildman–Crippen MR) is 119 cm³/mol. The van der Waals surface area contributed by atoms with Crippen LogP contribution >= 0.6 is 12.2 Å². The second-order valence-corrected chi connectivity index (χ2v) is 7.97. The van der Waals surface area contributed by atoms with E-state index < -0.39 is 0 Å². The van der Waals surface area contributed by atoms with Gasteiger partial charge in [0.2, 0.25) is 0 Å². The van der Waals surface area contributed by atoms with E-state index in [2.05, 4.69) is 22.1 Å². The van der Waals surface area contributed by atoms with Gasteiger partial charge in [-0.2, -0.15) is 0 Å². The molecule has 0 unspecified atom stereocenters. The van der Waals surface area contributed by atoms with E-state index in [0.717, 1.165) is 59.6 Å². The molecule has 1 aliphatic carbocycles. The number of unbranched alkanes of at least 4 members (excludes halogenated alkanes) is 1. The molecule has 2 aromatic rings. The van der Waals surface area contributed by atoms with Gasteiger partial charge in [0.15, 0.2) is 5.11 Å². The lowest BCUT2D eigenvalue weighted by Gasteiger charge is -2.36. The molecule has 1 aromatic carbocycles. The van der Waals surface area contributed by atoms with Gasteiger partial charge in [-0.05, 0) is 55.7 Å². The van der Waals surface area contributed by atoms with Gasteiger partial charge in [0.05, 0.1) is 13.7 Å². The summed E-state index contributed by atoms with van der Waals surface area (Å²) in [5.74, 6) is 0.784. The quantitative estimate of drug-likeness (QED) is 0.534. The van der Waals surface area contributed by atoms with Crippen molar-refractivity contribution in [1.29, 1.82) is 0 Å². The summed E-state index contributed by atoms with van der Waals surface area (Å²) in [7, 11) is 1.65. The smallest absolute Gasteiger partial charge is 0.253 e. The van der Waals surface area contributed by atoms with Crippen LogP contribution in [0.4, 0.5) is 0 Å². The molecular formula is C22H31N3O2S. The van der Waals surface area contributed by atoms with Gasteiger partial charge in [-0.3, -0.25) is 4.79 Å². The number of H-pyrrole nitrogens is 1. The fourth-order valence-electron chi connectivity index (χ4n) is 3.89. The number of fused-ring (bicyclic) bond motifs is 1. The summed E-state index contributed by atoms with van der Waals surface area (Å²) < 4.78 is 5.33. The summed E-state index contributed by atoms with van der Waals surface area (Å²) in [5.41, 5.74) is 1.52. The number of hydrogen-bond donors (Lipinski definition) is 2. The van der Waals surface area contributed by atoms with Gasteiger partial charge >= 0.3 is 0 Å². The number of aromatic nitrogens is 1. The second kappa shape index (κ2) is 9.92. The maximum absolute atomic E-state index is 12.7. The van der Waals surface area contributed by atoms with Crippen LogP contribution in [0.3, 0.4) is 0 Å². The number of methoxy groups -OCH3 is 1. The summed E-state index contributed by atoms with van der Waals surface area (Å²) in [6.07, 6.45) is 8.23. The van der Waals surface area contributed by atoms with E-state index in [1.165, 1.54) is 19.3 Å². The highest BCUT2D eigenvalue weighted by Crippen LogP contribution is 2.25. The first-order chi connectivity index (χ1) is 13.6. The van der Waals surface area contributed by atoms with Crippen LogP contribution in [0.25, 0.3) is 10.9 Å². The average molecular weight is 402 g/mol. The van der Waals surface area contributed by atoms with Crippen molar-refractivity contribution in [2.24, 2.45) is 0 Å². The fourth-order valence-corrected chi connectivity index (χ4v) is 4.21. The number of nitrogens with zero attached hydrogens (tertiary/aromatic N) is 1. The van der Waals surface area contributed by atoms with Gasteiger partial charge in [0.1, 0.15) is 5.75 Å². The van der Waals surface area contributed by atoms with Crippen molar-refractivity contribution in [3.05, 3.63) is 40.2 Å². The van der Waals surface area contributed by atoms with E-state index in [4.69, 9.17) is 17.0 Å². The van der Waals surface area contributed by atoms with Gasteiger partial charge in [-0.1, -0.05) is 32.6 Å². The third kappa shape index (κ3) is 5.04. The fraction of sp³-hybridized carbons (Fsp3) is 0.545. The highest BCUT2D eigenvalue weighted by atomic mass is 32.1. The van der Waals surface area contributed by atoms with Crippen LogP contribution in [0.2, 0.25) is 0 Å². The molecule has 2 N–H and O–H groups in total. The van der Waals surface area contributed by atoms with Crippen LogP contribution in [0.5, 0.6) is 5.75 Å². The molecule has 3 rings (SSSR count). The molecule has 0 amide bonds. The second-order valence-electron chi connectivity index (χ2n) is 7.58. The van der Waals surface area contributed by atoms with Crippen molar-refractivity contribution in [2.45, 2.75) is 64.5 Å². The number of pyridine rings is 1. The molecule has 1 heterocycles. The lowest BCUT2D eigenvalue weighted by molar-refractivity contribution is 0.234. The summed E-state index contributed by atoms with van der Waals surface area (Å²) in [4.78, 5) is 18.0. The van der Waals surface area contributed by atoms with Crippen LogP contribution in [-0.2, 0) is 6.54 Å². The molecule has 1 saturated carbocycles. The first-order valence-corrected chi connectivity index (χ1v) is 10.8. The highest BCUT2D eigenvalue weighted by Gasteiger charge is 2.24. The highest BCUT2D eigenvalue weighted by molar-refractivity contribution is 7.80. The third-order valence-electron chi connectivity index (χ3n) is 5.55.